The Morgan fingerprint density at radius 2 is 1.68 bits per heavy atom. The fourth-order valence-electron chi connectivity index (χ4n) is 4.29. The Labute approximate surface area is 240 Å². The maximum atomic E-state index is 13.5. The van der Waals surface area contributed by atoms with Crippen molar-refractivity contribution < 1.29 is 27.5 Å². The van der Waals surface area contributed by atoms with Crippen molar-refractivity contribution in [3.8, 4) is 11.5 Å². The summed E-state index contributed by atoms with van der Waals surface area (Å²) in [7, 11) is -2.59. The van der Waals surface area contributed by atoms with Crippen LogP contribution in [0.4, 0.5) is 5.69 Å². The van der Waals surface area contributed by atoms with Crippen LogP contribution in [-0.4, -0.2) is 64.7 Å². The minimum absolute atomic E-state index is 0.0151. The quantitative estimate of drug-likeness (QED) is 0.274. The van der Waals surface area contributed by atoms with Crippen LogP contribution < -0.4 is 19.2 Å². The number of hydrazone groups is 1. The third-order valence-electron chi connectivity index (χ3n) is 6.59. The van der Waals surface area contributed by atoms with Crippen molar-refractivity contribution in [2.45, 2.75) is 31.1 Å². The normalized spacial score (nSPS) is 13.6. The molecule has 0 atom stereocenters. The van der Waals surface area contributed by atoms with E-state index in [1.165, 1.54) is 25.5 Å². The van der Waals surface area contributed by atoms with E-state index in [2.05, 4.69) is 10.5 Å². The van der Waals surface area contributed by atoms with Crippen molar-refractivity contribution in [1.29, 1.82) is 0 Å². The zero-order valence-electron chi connectivity index (χ0n) is 23.2. The molecule has 3 aromatic rings. The molecule has 0 aromatic heterocycles. The van der Waals surface area contributed by atoms with Gasteiger partial charge in [0, 0.05) is 19.2 Å². The molecule has 1 aliphatic rings. The summed E-state index contributed by atoms with van der Waals surface area (Å²) in [6, 6.07) is 19.8. The van der Waals surface area contributed by atoms with Crippen LogP contribution in [0.25, 0.3) is 0 Å². The van der Waals surface area contributed by atoms with E-state index in [1.54, 1.807) is 60.7 Å². The van der Waals surface area contributed by atoms with Crippen molar-refractivity contribution in [3.63, 3.8) is 0 Å². The topological polar surface area (TPSA) is 118 Å². The molecule has 10 nitrogen and oxygen atoms in total. The molecule has 1 saturated heterocycles. The second-order valence-electron chi connectivity index (χ2n) is 9.62. The highest BCUT2D eigenvalue weighted by Crippen LogP contribution is 2.27. The molecule has 3 aromatic carbocycles. The van der Waals surface area contributed by atoms with E-state index in [0.29, 0.717) is 17.1 Å². The first-order chi connectivity index (χ1) is 19.8. The number of likely N-dealkylation sites (tertiary alicyclic amines) is 1. The molecule has 0 radical (unpaired) electrons. The third kappa shape index (κ3) is 8.07. The smallest absolute Gasteiger partial charge is 0.264 e. The molecule has 0 aliphatic carbocycles. The van der Waals surface area contributed by atoms with E-state index in [9.17, 15) is 18.0 Å². The van der Waals surface area contributed by atoms with Gasteiger partial charge >= 0.3 is 0 Å². The summed E-state index contributed by atoms with van der Waals surface area (Å²) in [5.74, 6) is 0.349. The monoisotopic (exact) mass is 578 g/mol. The summed E-state index contributed by atoms with van der Waals surface area (Å²) < 4.78 is 38.9. The number of methoxy groups -OCH3 is 1. The Balaban J connectivity index is 1.38. The minimum Gasteiger partial charge on any atom is -0.497 e. The van der Waals surface area contributed by atoms with Crippen molar-refractivity contribution in [1.82, 2.24) is 10.3 Å². The second-order valence-corrected chi connectivity index (χ2v) is 11.5. The van der Waals surface area contributed by atoms with Gasteiger partial charge in [0.1, 0.15) is 18.0 Å². The zero-order chi connectivity index (χ0) is 29.2. The highest BCUT2D eigenvalue weighted by atomic mass is 32.2. The number of ether oxygens (including phenoxy) is 2. The van der Waals surface area contributed by atoms with Gasteiger partial charge in [-0.25, -0.2) is 13.8 Å². The molecular weight excluding hydrogens is 544 g/mol. The SMILES string of the molecule is COc1cccc(N(CC(=O)N/N=C\c2ccc(OCC(=O)N3CCCCC3)cc2)S(=O)(=O)c2ccc(C)cc2)c1. The number of hydrogen-bond acceptors (Lipinski definition) is 7. The molecule has 0 saturated carbocycles. The lowest BCUT2D eigenvalue weighted by molar-refractivity contribution is -0.134. The molecule has 1 aliphatic heterocycles. The van der Waals surface area contributed by atoms with E-state index in [4.69, 9.17) is 9.47 Å². The van der Waals surface area contributed by atoms with Gasteiger partial charge in [0.15, 0.2) is 6.61 Å². The van der Waals surface area contributed by atoms with Crippen LogP contribution in [0.1, 0.15) is 30.4 Å². The molecule has 1 heterocycles. The molecule has 0 bridgehead atoms. The van der Waals surface area contributed by atoms with Crippen LogP contribution >= 0.6 is 0 Å². The molecule has 4 rings (SSSR count). The Bertz CT molecular complexity index is 1470. The average molecular weight is 579 g/mol. The predicted octanol–water partition coefficient (Wildman–Crippen LogP) is 3.74. The fraction of sp³-hybridized carbons (Fsp3) is 0.300. The summed E-state index contributed by atoms with van der Waals surface area (Å²) in [5.41, 5.74) is 4.26. The number of rotatable bonds is 11. The molecule has 1 fully saturated rings. The summed E-state index contributed by atoms with van der Waals surface area (Å²) in [6.45, 7) is 2.90. The van der Waals surface area contributed by atoms with Gasteiger partial charge in [-0.05, 0) is 80.3 Å². The second kappa shape index (κ2) is 13.8. The molecule has 11 heteroatoms. The van der Waals surface area contributed by atoms with Gasteiger partial charge in [-0.2, -0.15) is 5.10 Å². The van der Waals surface area contributed by atoms with Crippen LogP contribution in [0.2, 0.25) is 0 Å². The number of anilines is 1. The van der Waals surface area contributed by atoms with Gasteiger partial charge in [0.25, 0.3) is 21.8 Å². The van der Waals surface area contributed by atoms with Gasteiger partial charge in [-0.15, -0.1) is 0 Å². The Morgan fingerprint density at radius 1 is 0.976 bits per heavy atom. The molecule has 41 heavy (non-hydrogen) atoms. The first-order valence-electron chi connectivity index (χ1n) is 13.3. The number of nitrogens with zero attached hydrogens (tertiary/aromatic N) is 3. The lowest BCUT2D eigenvalue weighted by Gasteiger charge is -2.26. The number of carbonyl (C=O) groups excluding carboxylic acids is 2. The van der Waals surface area contributed by atoms with Gasteiger partial charge in [0.2, 0.25) is 0 Å². The Kier molecular flexibility index (Phi) is 9.96. The first kappa shape index (κ1) is 29.6. The minimum atomic E-state index is -4.07. The Morgan fingerprint density at radius 3 is 2.37 bits per heavy atom. The molecule has 1 N–H and O–H groups in total. The van der Waals surface area contributed by atoms with E-state index < -0.39 is 22.5 Å². The van der Waals surface area contributed by atoms with E-state index in [0.717, 1.165) is 42.2 Å². The fourth-order valence-corrected chi connectivity index (χ4v) is 5.71. The first-order valence-corrected chi connectivity index (χ1v) is 14.8. The molecule has 2 amide bonds. The van der Waals surface area contributed by atoms with E-state index in [-0.39, 0.29) is 23.1 Å². The number of benzene rings is 3. The standard InChI is InChI=1S/C30H34N4O6S/c1-23-9-15-28(16-10-23)41(37,38)34(25-7-6-8-27(19-25)39-2)21-29(35)32-31-20-24-11-13-26(14-12-24)40-22-30(36)33-17-4-3-5-18-33/h6-16,19-20H,3-5,17-18,21-22H2,1-2H3,(H,32,35)/b31-20-. The van der Waals surface area contributed by atoms with Gasteiger partial charge < -0.3 is 14.4 Å². The molecule has 0 unspecified atom stereocenters. The summed E-state index contributed by atoms with van der Waals surface area (Å²) in [6.07, 6.45) is 4.64. The van der Waals surface area contributed by atoms with Crippen LogP contribution in [0.5, 0.6) is 11.5 Å². The van der Waals surface area contributed by atoms with Gasteiger partial charge in [-0.1, -0.05) is 23.8 Å². The van der Waals surface area contributed by atoms with Crippen LogP contribution in [-0.2, 0) is 19.6 Å². The Hall–Kier alpha value is -4.38. The molecule has 0 spiro atoms. The number of hydrogen-bond donors (Lipinski definition) is 1. The highest BCUT2D eigenvalue weighted by molar-refractivity contribution is 7.92. The lowest BCUT2D eigenvalue weighted by atomic mass is 10.1. The lowest BCUT2D eigenvalue weighted by Crippen LogP contribution is -2.39. The van der Waals surface area contributed by atoms with E-state index >= 15 is 0 Å². The van der Waals surface area contributed by atoms with Crippen molar-refractivity contribution in [2.24, 2.45) is 5.10 Å². The van der Waals surface area contributed by atoms with Crippen molar-refractivity contribution in [2.75, 3.05) is 37.7 Å². The van der Waals surface area contributed by atoms with Crippen molar-refractivity contribution in [3.05, 3.63) is 83.9 Å². The maximum absolute atomic E-state index is 13.5. The maximum Gasteiger partial charge on any atom is 0.264 e. The predicted molar refractivity (Wildman–Crippen MR) is 157 cm³/mol. The van der Waals surface area contributed by atoms with E-state index in [1.807, 2.05) is 11.8 Å². The highest BCUT2D eigenvalue weighted by Gasteiger charge is 2.27. The van der Waals surface area contributed by atoms with Gasteiger partial charge in [-0.3, -0.25) is 13.9 Å². The summed E-state index contributed by atoms with van der Waals surface area (Å²) >= 11 is 0. The van der Waals surface area contributed by atoms with Crippen LogP contribution in [0.3, 0.4) is 0 Å². The van der Waals surface area contributed by atoms with Crippen LogP contribution in [0, 0.1) is 6.92 Å². The van der Waals surface area contributed by atoms with Gasteiger partial charge in [0.05, 0.1) is 23.9 Å². The average Bonchev–Trinajstić information content (AvgIpc) is 3.00. The third-order valence-corrected chi connectivity index (χ3v) is 8.38. The zero-order valence-corrected chi connectivity index (χ0v) is 24.0. The number of nitrogens with one attached hydrogen (secondary N) is 1. The van der Waals surface area contributed by atoms with Crippen LogP contribution in [0.15, 0.2) is 82.8 Å². The number of amides is 2. The number of sulfonamides is 1. The van der Waals surface area contributed by atoms with Crippen molar-refractivity contribution >= 4 is 33.7 Å². The number of carbonyl (C=O) groups is 2. The number of piperidine rings is 1. The molecule has 216 valence electrons. The summed E-state index contributed by atoms with van der Waals surface area (Å²) in [4.78, 5) is 27.0. The molecular formula is C30H34N4O6S. The largest absolute Gasteiger partial charge is 0.497 e. The summed E-state index contributed by atoms with van der Waals surface area (Å²) in [5, 5.41) is 3.98. The number of aryl methyl sites for hydroxylation is 1.